The van der Waals surface area contributed by atoms with Crippen LogP contribution >= 0.6 is 11.8 Å². The van der Waals surface area contributed by atoms with E-state index < -0.39 is 0 Å². The first-order valence-electron chi connectivity index (χ1n) is 4.16. The van der Waals surface area contributed by atoms with Crippen LogP contribution < -0.4 is 5.73 Å². The van der Waals surface area contributed by atoms with E-state index in [-0.39, 0.29) is 0 Å². The summed E-state index contributed by atoms with van der Waals surface area (Å²) in [6.07, 6.45) is 2.04. The molecule has 0 bridgehead atoms. The standard InChI is InChI=1S/C10H10N2OS/c1-14-8-4-2-7(3-5-8)9-6-10(11)13-12-9/h2-6H,11H2,1H3. The summed E-state index contributed by atoms with van der Waals surface area (Å²) in [5, 5.41) is 3.83. The number of nitrogen functional groups attached to an aromatic ring is 1. The molecular formula is C10H10N2OS. The minimum Gasteiger partial charge on any atom is -0.368 e. The van der Waals surface area contributed by atoms with E-state index in [9.17, 15) is 0 Å². The maximum Gasteiger partial charge on any atom is 0.222 e. The first-order valence-corrected chi connectivity index (χ1v) is 5.38. The predicted molar refractivity (Wildman–Crippen MR) is 58.1 cm³/mol. The summed E-state index contributed by atoms with van der Waals surface area (Å²) in [5.41, 5.74) is 7.23. The second kappa shape index (κ2) is 3.75. The Bertz CT molecular complexity index is 422. The van der Waals surface area contributed by atoms with Crippen molar-refractivity contribution in [2.75, 3.05) is 12.0 Å². The lowest BCUT2D eigenvalue weighted by Crippen LogP contribution is -1.77. The average Bonchev–Trinajstić information content (AvgIpc) is 2.65. The van der Waals surface area contributed by atoms with Gasteiger partial charge in [-0.1, -0.05) is 17.3 Å². The van der Waals surface area contributed by atoms with Gasteiger partial charge >= 0.3 is 0 Å². The molecule has 14 heavy (non-hydrogen) atoms. The van der Waals surface area contributed by atoms with E-state index in [0.29, 0.717) is 5.88 Å². The molecule has 0 radical (unpaired) electrons. The monoisotopic (exact) mass is 206 g/mol. The molecular weight excluding hydrogens is 196 g/mol. The Morgan fingerprint density at radius 1 is 1.29 bits per heavy atom. The zero-order valence-electron chi connectivity index (χ0n) is 7.73. The molecule has 0 saturated heterocycles. The van der Waals surface area contributed by atoms with Gasteiger partial charge < -0.3 is 10.3 Å². The van der Waals surface area contributed by atoms with E-state index in [1.54, 1.807) is 17.8 Å². The molecule has 2 N–H and O–H groups in total. The number of nitrogens with zero attached hydrogens (tertiary/aromatic N) is 1. The summed E-state index contributed by atoms with van der Waals surface area (Å²) >= 11 is 1.71. The molecule has 1 aromatic carbocycles. The third kappa shape index (κ3) is 1.75. The van der Waals surface area contributed by atoms with E-state index in [0.717, 1.165) is 11.3 Å². The highest BCUT2D eigenvalue weighted by atomic mass is 32.2. The Labute approximate surface area is 86.3 Å². The fourth-order valence-electron chi connectivity index (χ4n) is 1.19. The summed E-state index contributed by atoms with van der Waals surface area (Å²) in [6.45, 7) is 0. The molecule has 0 aliphatic rings. The molecule has 1 aromatic heterocycles. The molecule has 0 spiro atoms. The molecule has 4 heteroatoms. The van der Waals surface area contributed by atoms with Gasteiger partial charge in [-0.15, -0.1) is 11.8 Å². The van der Waals surface area contributed by atoms with E-state index in [4.69, 9.17) is 10.3 Å². The fourth-order valence-corrected chi connectivity index (χ4v) is 1.60. The number of thioether (sulfide) groups is 1. The zero-order valence-corrected chi connectivity index (χ0v) is 8.54. The number of aromatic nitrogens is 1. The molecule has 0 unspecified atom stereocenters. The van der Waals surface area contributed by atoms with Gasteiger partial charge in [0.15, 0.2) is 0 Å². The Morgan fingerprint density at radius 3 is 2.50 bits per heavy atom. The number of hydrogen-bond donors (Lipinski definition) is 1. The molecule has 2 aromatic rings. The van der Waals surface area contributed by atoms with Crippen molar-refractivity contribution in [2.24, 2.45) is 0 Å². The lowest BCUT2D eigenvalue weighted by atomic mass is 10.1. The van der Waals surface area contributed by atoms with Crippen LogP contribution in [0.3, 0.4) is 0 Å². The normalized spacial score (nSPS) is 10.4. The van der Waals surface area contributed by atoms with Gasteiger partial charge in [0.25, 0.3) is 0 Å². The molecule has 72 valence electrons. The van der Waals surface area contributed by atoms with Crippen molar-refractivity contribution in [1.82, 2.24) is 5.16 Å². The van der Waals surface area contributed by atoms with Crippen LogP contribution in [0.25, 0.3) is 11.3 Å². The van der Waals surface area contributed by atoms with Gasteiger partial charge in [0.1, 0.15) is 5.69 Å². The largest absolute Gasteiger partial charge is 0.368 e. The molecule has 0 atom stereocenters. The molecule has 0 amide bonds. The summed E-state index contributed by atoms with van der Waals surface area (Å²) in [7, 11) is 0. The van der Waals surface area contributed by atoms with Crippen LogP contribution in [0.2, 0.25) is 0 Å². The van der Waals surface area contributed by atoms with Crippen molar-refractivity contribution in [3.05, 3.63) is 30.3 Å². The molecule has 2 rings (SSSR count). The Morgan fingerprint density at radius 2 is 2.00 bits per heavy atom. The smallest absolute Gasteiger partial charge is 0.222 e. The first kappa shape index (κ1) is 9.15. The summed E-state index contributed by atoms with van der Waals surface area (Å²) in [5.74, 6) is 0.342. The number of nitrogens with two attached hydrogens (primary N) is 1. The Balaban J connectivity index is 2.33. The molecule has 1 heterocycles. The van der Waals surface area contributed by atoms with Crippen LogP contribution in [0.15, 0.2) is 39.8 Å². The molecule has 3 nitrogen and oxygen atoms in total. The molecule has 0 aliphatic heterocycles. The maximum atomic E-state index is 5.44. The minimum atomic E-state index is 0.342. The van der Waals surface area contributed by atoms with Crippen molar-refractivity contribution < 1.29 is 4.52 Å². The molecule has 0 fully saturated rings. The van der Waals surface area contributed by atoms with Crippen LogP contribution in [0.1, 0.15) is 0 Å². The first-order chi connectivity index (χ1) is 6.79. The molecule has 0 saturated carbocycles. The minimum absolute atomic E-state index is 0.342. The second-order valence-corrected chi connectivity index (χ2v) is 3.72. The highest BCUT2D eigenvalue weighted by Gasteiger charge is 2.03. The lowest BCUT2D eigenvalue weighted by Gasteiger charge is -1.97. The maximum absolute atomic E-state index is 5.44. The van der Waals surface area contributed by atoms with Gasteiger partial charge in [-0.25, -0.2) is 0 Å². The Kier molecular flexibility index (Phi) is 2.45. The third-order valence-corrected chi connectivity index (χ3v) is 2.66. The fraction of sp³-hybridized carbons (Fsp3) is 0.100. The number of rotatable bonds is 2. The number of benzene rings is 1. The number of hydrogen-bond acceptors (Lipinski definition) is 4. The van der Waals surface area contributed by atoms with Crippen molar-refractivity contribution >= 4 is 17.6 Å². The Hall–Kier alpha value is -1.42. The van der Waals surface area contributed by atoms with Crippen molar-refractivity contribution in [3.8, 4) is 11.3 Å². The van der Waals surface area contributed by atoms with Gasteiger partial charge in [-0.2, -0.15) is 0 Å². The number of anilines is 1. The van der Waals surface area contributed by atoms with Crippen LogP contribution in [0, 0.1) is 0 Å². The average molecular weight is 206 g/mol. The third-order valence-electron chi connectivity index (χ3n) is 1.91. The second-order valence-electron chi connectivity index (χ2n) is 2.84. The van der Waals surface area contributed by atoms with Gasteiger partial charge in [0.05, 0.1) is 0 Å². The van der Waals surface area contributed by atoms with Crippen molar-refractivity contribution in [1.29, 1.82) is 0 Å². The van der Waals surface area contributed by atoms with Crippen LogP contribution in [-0.4, -0.2) is 11.4 Å². The zero-order chi connectivity index (χ0) is 9.97. The van der Waals surface area contributed by atoms with E-state index in [1.807, 2.05) is 30.5 Å². The highest BCUT2D eigenvalue weighted by molar-refractivity contribution is 7.98. The van der Waals surface area contributed by atoms with Gasteiger partial charge in [-0.3, -0.25) is 0 Å². The highest BCUT2D eigenvalue weighted by Crippen LogP contribution is 2.23. The van der Waals surface area contributed by atoms with Gasteiger partial charge in [-0.05, 0) is 18.4 Å². The van der Waals surface area contributed by atoms with Crippen LogP contribution in [0.4, 0.5) is 5.88 Å². The van der Waals surface area contributed by atoms with E-state index in [2.05, 4.69) is 5.16 Å². The predicted octanol–water partition coefficient (Wildman–Crippen LogP) is 2.65. The van der Waals surface area contributed by atoms with Crippen molar-refractivity contribution in [3.63, 3.8) is 0 Å². The molecule has 0 aliphatic carbocycles. The van der Waals surface area contributed by atoms with E-state index >= 15 is 0 Å². The van der Waals surface area contributed by atoms with E-state index in [1.165, 1.54) is 4.90 Å². The summed E-state index contributed by atoms with van der Waals surface area (Å²) in [6, 6.07) is 9.82. The van der Waals surface area contributed by atoms with Crippen LogP contribution in [0.5, 0.6) is 0 Å². The lowest BCUT2D eigenvalue weighted by molar-refractivity contribution is 0.439. The van der Waals surface area contributed by atoms with Crippen LogP contribution in [-0.2, 0) is 0 Å². The SMILES string of the molecule is CSc1ccc(-c2cc(N)on2)cc1. The summed E-state index contributed by atoms with van der Waals surface area (Å²) in [4.78, 5) is 1.23. The topological polar surface area (TPSA) is 52.0 Å². The van der Waals surface area contributed by atoms with Crippen molar-refractivity contribution in [2.45, 2.75) is 4.90 Å². The quantitative estimate of drug-likeness (QED) is 0.767. The van der Waals surface area contributed by atoms with Gasteiger partial charge in [0.2, 0.25) is 5.88 Å². The summed E-state index contributed by atoms with van der Waals surface area (Å²) < 4.78 is 4.80. The van der Waals surface area contributed by atoms with Gasteiger partial charge in [0, 0.05) is 16.5 Å².